The molecule has 1 heterocycles. The summed E-state index contributed by atoms with van der Waals surface area (Å²) in [6, 6.07) is 12.5. The standard InChI is InChI=1S/C18H20O2/c1-2-16-17-6-4-3-5-15(17)7-8-18(16)20-13-14-9-11-19-12-10-14/h2-8,14H,1,9-13H2. The van der Waals surface area contributed by atoms with E-state index in [2.05, 4.69) is 43.0 Å². The van der Waals surface area contributed by atoms with E-state index in [0.717, 1.165) is 44.0 Å². The Bertz CT molecular complexity index is 597. The van der Waals surface area contributed by atoms with Gasteiger partial charge in [0.15, 0.2) is 0 Å². The Morgan fingerprint density at radius 1 is 1.15 bits per heavy atom. The second-order valence-electron chi connectivity index (χ2n) is 5.27. The minimum Gasteiger partial charge on any atom is -0.493 e. The van der Waals surface area contributed by atoms with Crippen molar-refractivity contribution in [2.24, 2.45) is 5.92 Å². The summed E-state index contributed by atoms with van der Waals surface area (Å²) < 4.78 is 11.4. The average Bonchev–Trinajstić information content (AvgIpc) is 2.53. The van der Waals surface area contributed by atoms with Gasteiger partial charge in [0.05, 0.1) is 6.61 Å². The van der Waals surface area contributed by atoms with Crippen molar-refractivity contribution in [1.29, 1.82) is 0 Å². The van der Waals surface area contributed by atoms with E-state index in [4.69, 9.17) is 9.47 Å². The molecule has 1 saturated heterocycles. The minimum atomic E-state index is 0.605. The van der Waals surface area contributed by atoms with E-state index in [1.54, 1.807) is 0 Å². The molecule has 2 nitrogen and oxygen atoms in total. The molecule has 0 bridgehead atoms. The summed E-state index contributed by atoms with van der Waals surface area (Å²) in [4.78, 5) is 0. The van der Waals surface area contributed by atoms with Crippen molar-refractivity contribution in [2.75, 3.05) is 19.8 Å². The maximum Gasteiger partial charge on any atom is 0.127 e. The number of ether oxygens (including phenoxy) is 2. The first kappa shape index (κ1) is 13.2. The van der Waals surface area contributed by atoms with Crippen LogP contribution < -0.4 is 4.74 Å². The quantitative estimate of drug-likeness (QED) is 0.823. The fourth-order valence-electron chi connectivity index (χ4n) is 2.73. The van der Waals surface area contributed by atoms with E-state index >= 15 is 0 Å². The highest BCUT2D eigenvalue weighted by Crippen LogP contribution is 2.29. The van der Waals surface area contributed by atoms with E-state index in [0.29, 0.717) is 5.92 Å². The molecular weight excluding hydrogens is 248 g/mol. The summed E-state index contributed by atoms with van der Waals surface area (Å²) in [6.45, 7) is 6.43. The Balaban J connectivity index is 1.81. The van der Waals surface area contributed by atoms with Crippen LogP contribution in [0.4, 0.5) is 0 Å². The van der Waals surface area contributed by atoms with Crippen LogP contribution in [0.1, 0.15) is 18.4 Å². The minimum absolute atomic E-state index is 0.605. The topological polar surface area (TPSA) is 18.5 Å². The molecule has 1 fully saturated rings. The lowest BCUT2D eigenvalue weighted by Gasteiger charge is -2.22. The zero-order chi connectivity index (χ0) is 13.8. The third-order valence-electron chi connectivity index (χ3n) is 3.95. The lowest BCUT2D eigenvalue weighted by molar-refractivity contribution is 0.0497. The van der Waals surface area contributed by atoms with Crippen molar-refractivity contribution in [3.05, 3.63) is 48.5 Å². The molecule has 2 aromatic rings. The summed E-state index contributed by atoms with van der Waals surface area (Å²) in [5.41, 5.74) is 1.09. The molecule has 20 heavy (non-hydrogen) atoms. The van der Waals surface area contributed by atoms with Crippen molar-refractivity contribution in [3.8, 4) is 5.75 Å². The molecule has 0 aliphatic carbocycles. The van der Waals surface area contributed by atoms with Crippen molar-refractivity contribution in [3.63, 3.8) is 0 Å². The van der Waals surface area contributed by atoms with Gasteiger partial charge in [-0.25, -0.2) is 0 Å². The van der Waals surface area contributed by atoms with Gasteiger partial charge in [0.2, 0.25) is 0 Å². The molecule has 2 heteroatoms. The lowest BCUT2D eigenvalue weighted by atomic mass is 10.0. The average molecular weight is 268 g/mol. The van der Waals surface area contributed by atoms with Crippen LogP contribution in [0.15, 0.2) is 43.0 Å². The predicted molar refractivity (Wildman–Crippen MR) is 83.1 cm³/mol. The molecule has 2 aromatic carbocycles. The van der Waals surface area contributed by atoms with E-state index in [-0.39, 0.29) is 0 Å². The maximum absolute atomic E-state index is 6.05. The molecule has 0 N–H and O–H groups in total. The van der Waals surface area contributed by atoms with Crippen LogP contribution in [0.5, 0.6) is 5.75 Å². The molecule has 3 rings (SSSR count). The van der Waals surface area contributed by atoms with Gasteiger partial charge < -0.3 is 9.47 Å². The summed E-state index contributed by atoms with van der Waals surface area (Å²) in [6.07, 6.45) is 4.08. The van der Waals surface area contributed by atoms with E-state index in [9.17, 15) is 0 Å². The number of benzene rings is 2. The highest BCUT2D eigenvalue weighted by Gasteiger charge is 2.15. The monoisotopic (exact) mass is 268 g/mol. The Hall–Kier alpha value is -1.80. The Kier molecular flexibility index (Phi) is 4.03. The molecule has 0 aromatic heterocycles. The van der Waals surface area contributed by atoms with Crippen LogP contribution in [-0.4, -0.2) is 19.8 Å². The van der Waals surface area contributed by atoms with Crippen molar-refractivity contribution < 1.29 is 9.47 Å². The van der Waals surface area contributed by atoms with E-state index < -0.39 is 0 Å². The highest BCUT2D eigenvalue weighted by molar-refractivity contribution is 5.92. The van der Waals surface area contributed by atoms with Crippen LogP contribution in [-0.2, 0) is 4.74 Å². The van der Waals surface area contributed by atoms with Crippen molar-refractivity contribution in [2.45, 2.75) is 12.8 Å². The van der Waals surface area contributed by atoms with Gasteiger partial charge in [-0.05, 0) is 35.6 Å². The van der Waals surface area contributed by atoms with Gasteiger partial charge in [0.1, 0.15) is 5.75 Å². The Morgan fingerprint density at radius 3 is 2.75 bits per heavy atom. The highest BCUT2D eigenvalue weighted by atomic mass is 16.5. The van der Waals surface area contributed by atoms with Crippen LogP contribution in [0, 0.1) is 5.92 Å². The van der Waals surface area contributed by atoms with Gasteiger partial charge in [-0.15, -0.1) is 0 Å². The largest absolute Gasteiger partial charge is 0.493 e. The first-order chi connectivity index (χ1) is 9.88. The zero-order valence-electron chi connectivity index (χ0n) is 11.7. The van der Waals surface area contributed by atoms with Gasteiger partial charge in [-0.1, -0.05) is 43.0 Å². The van der Waals surface area contributed by atoms with Crippen LogP contribution in [0.2, 0.25) is 0 Å². The second-order valence-corrected chi connectivity index (χ2v) is 5.27. The zero-order valence-corrected chi connectivity index (χ0v) is 11.7. The van der Waals surface area contributed by atoms with E-state index in [1.807, 2.05) is 6.08 Å². The number of hydrogen-bond donors (Lipinski definition) is 0. The number of hydrogen-bond acceptors (Lipinski definition) is 2. The van der Waals surface area contributed by atoms with Gasteiger partial charge in [-0.2, -0.15) is 0 Å². The normalized spacial score (nSPS) is 16.2. The number of rotatable bonds is 4. The Labute approximate surface area is 120 Å². The van der Waals surface area contributed by atoms with Gasteiger partial charge in [0, 0.05) is 18.8 Å². The third-order valence-corrected chi connectivity index (χ3v) is 3.95. The number of fused-ring (bicyclic) bond motifs is 1. The van der Waals surface area contributed by atoms with Crippen LogP contribution in [0.3, 0.4) is 0 Å². The summed E-state index contributed by atoms with van der Waals surface area (Å²) in [5.74, 6) is 1.54. The first-order valence-electron chi connectivity index (χ1n) is 7.23. The van der Waals surface area contributed by atoms with Crippen LogP contribution >= 0.6 is 0 Å². The molecule has 104 valence electrons. The molecule has 1 aliphatic heterocycles. The fraction of sp³-hybridized carbons (Fsp3) is 0.333. The Morgan fingerprint density at radius 2 is 1.95 bits per heavy atom. The van der Waals surface area contributed by atoms with Crippen molar-refractivity contribution >= 4 is 16.8 Å². The fourth-order valence-corrected chi connectivity index (χ4v) is 2.73. The van der Waals surface area contributed by atoms with Gasteiger partial charge >= 0.3 is 0 Å². The summed E-state index contributed by atoms with van der Waals surface area (Å²) >= 11 is 0. The molecule has 0 unspecified atom stereocenters. The van der Waals surface area contributed by atoms with E-state index in [1.165, 1.54) is 10.8 Å². The lowest BCUT2D eigenvalue weighted by Crippen LogP contribution is -2.21. The predicted octanol–water partition coefficient (Wildman–Crippen LogP) is 4.29. The third kappa shape index (κ3) is 2.70. The SMILES string of the molecule is C=Cc1c(OCC2CCOCC2)ccc2ccccc12. The smallest absolute Gasteiger partial charge is 0.127 e. The maximum atomic E-state index is 6.05. The molecule has 0 atom stereocenters. The molecule has 1 aliphatic rings. The van der Waals surface area contributed by atoms with Gasteiger partial charge in [-0.3, -0.25) is 0 Å². The molecule has 0 saturated carbocycles. The van der Waals surface area contributed by atoms with Crippen molar-refractivity contribution in [1.82, 2.24) is 0 Å². The van der Waals surface area contributed by atoms with Gasteiger partial charge in [0.25, 0.3) is 0 Å². The first-order valence-corrected chi connectivity index (χ1v) is 7.23. The molecular formula is C18H20O2. The molecule has 0 spiro atoms. The summed E-state index contributed by atoms with van der Waals surface area (Å²) in [5, 5.41) is 2.42. The molecule has 0 radical (unpaired) electrons. The van der Waals surface area contributed by atoms with Crippen LogP contribution in [0.25, 0.3) is 16.8 Å². The molecule has 0 amide bonds. The second kappa shape index (κ2) is 6.10. The summed E-state index contributed by atoms with van der Waals surface area (Å²) in [7, 11) is 0.